The van der Waals surface area contributed by atoms with E-state index in [0.717, 1.165) is 10.8 Å². The summed E-state index contributed by atoms with van der Waals surface area (Å²) < 4.78 is 0. The summed E-state index contributed by atoms with van der Waals surface area (Å²) >= 11 is 0. The van der Waals surface area contributed by atoms with Crippen LogP contribution in [-0.4, -0.2) is 20.4 Å². The highest BCUT2D eigenvalue weighted by molar-refractivity contribution is 6.02. The molecule has 0 atom stereocenters. The van der Waals surface area contributed by atoms with Gasteiger partial charge in [-0.1, -0.05) is 6.07 Å². The zero-order valence-corrected chi connectivity index (χ0v) is 8.16. The van der Waals surface area contributed by atoms with Crippen LogP contribution in [0.15, 0.2) is 41.3 Å². The van der Waals surface area contributed by atoms with Crippen molar-refractivity contribution in [1.82, 2.24) is 20.4 Å². The molecule has 0 saturated carbocycles. The fourth-order valence-corrected chi connectivity index (χ4v) is 1.65. The quantitative estimate of drug-likeness (QED) is 0.552. The summed E-state index contributed by atoms with van der Waals surface area (Å²) in [4.78, 5) is 15.2. The monoisotopic (exact) mass is 210 g/mol. The summed E-state index contributed by atoms with van der Waals surface area (Å²) in [7, 11) is 0. The van der Waals surface area contributed by atoms with Crippen molar-refractivity contribution in [3.8, 4) is 0 Å². The second kappa shape index (κ2) is 3.30. The molecule has 0 N–H and O–H groups in total. The van der Waals surface area contributed by atoms with E-state index in [1.165, 1.54) is 12.3 Å². The lowest BCUT2D eigenvalue weighted by Gasteiger charge is -1.97. The Hall–Kier alpha value is -2.43. The maximum atomic E-state index is 11.2. The van der Waals surface area contributed by atoms with Crippen LogP contribution in [0, 0.1) is 0 Å². The molecular weight excluding hydrogens is 204 g/mol. The van der Waals surface area contributed by atoms with E-state index in [1.807, 2.05) is 12.1 Å². The summed E-state index contributed by atoms with van der Waals surface area (Å²) in [6, 6.07) is 8.64. The Balaban J connectivity index is 2.63. The van der Waals surface area contributed by atoms with Crippen LogP contribution in [0.2, 0.25) is 0 Å². The standard InChI is InChI=1S/C11H6N4O/c16-10-4-2-7-1-3-9-8(11(7)13-10)5-6-12-15-14-9/h1-6H. The SMILES string of the molecule is O=c1ccc2ccc3nnnccc3c2n1. The molecule has 0 unspecified atom stereocenters. The minimum Gasteiger partial charge on any atom is -0.267 e. The molecule has 0 amide bonds. The third kappa shape index (κ3) is 1.30. The summed E-state index contributed by atoms with van der Waals surface area (Å²) in [5.74, 6) is 0. The third-order valence-electron chi connectivity index (χ3n) is 2.36. The molecule has 0 radical (unpaired) electrons. The maximum absolute atomic E-state index is 11.2. The largest absolute Gasteiger partial charge is 0.270 e. The minimum atomic E-state index is -0.257. The number of benzene rings is 1. The van der Waals surface area contributed by atoms with E-state index in [-0.39, 0.29) is 5.56 Å². The molecule has 0 aliphatic carbocycles. The lowest BCUT2D eigenvalue weighted by Crippen LogP contribution is -2.02. The number of hydrogen-bond acceptors (Lipinski definition) is 5. The van der Waals surface area contributed by atoms with Gasteiger partial charge in [-0.2, -0.15) is 0 Å². The molecule has 76 valence electrons. The first-order valence-corrected chi connectivity index (χ1v) is 4.73. The molecule has 2 aromatic heterocycles. The predicted molar refractivity (Wildman–Crippen MR) is 58.9 cm³/mol. The Bertz CT molecular complexity index is 742. The van der Waals surface area contributed by atoms with E-state index in [2.05, 4.69) is 20.4 Å². The Morgan fingerprint density at radius 3 is 2.81 bits per heavy atom. The average molecular weight is 210 g/mol. The lowest BCUT2D eigenvalue weighted by molar-refractivity contribution is 0.908. The van der Waals surface area contributed by atoms with Gasteiger partial charge in [0.15, 0.2) is 0 Å². The highest BCUT2D eigenvalue weighted by Crippen LogP contribution is 2.19. The molecule has 0 fully saturated rings. The van der Waals surface area contributed by atoms with Gasteiger partial charge in [0.2, 0.25) is 0 Å². The molecule has 0 bridgehead atoms. The smallest absolute Gasteiger partial charge is 0.267 e. The van der Waals surface area contributed by atoms with Gasteiger partial charge in [-0.3, -0.25) is 4.79 Å². The lowest BCUT2D eigenvalue weighted by atomic mass is 10.1. The van der Waals surface area contributed by atoms with E-state index in [1.54, 1.807) is 12.1 Å². The highest BCUT2D eigenvalue weighted by Gasteiger charge is 2.02. The van der Waals surface area contributed by atoms with Crippen molar-refractivity contribution in [2.24, 2.45) is 0 Å². The predicted octanol–water partition coefficient (Wildman–Crippen LogP) is 0.933. The first-order valence-electron chi connectivity index (χ1n) is 4.73. The van der Waals surface area contributed by atoms with Gasteiger partial charge in [-0.25, -0.2) is 4.98 Å². The van der Waals surface area contributed by atoms with Crippen LogP contribution < -0.4 is 5.56 Å². The number of nitrogens with zero attached hydrogens (tertiary/aromatic N) is 4. The topological polar surface area (TPSA) is 68.6 Å². The average Bonchev–Trinajstić information content (AvgIpc) is 2.54. The second-order valence-corrected chi connectivity index (χ2v) is 3.34. The van der Waals surface area contributed by atoms with E-state index < -0.39 is 0 Å². The van der Waals surface area contributed by atoms with E-state index in [4.69, 9.17) is 0 Å². The van der Waals surface area contributed by atoms with Crippen LogP contribution in [0.25, 0.3) is 21.8 Å². The molecule has 2 heterocycles. The van der Waals surface area contributed by atoms with Crippen LogP contribution >= 0.6 is 0 Å². The Morgan fingerprint density at radius 2 is 1.88 bits per heavy atom. The van der Waals surface area contributed by atoms with Gasteiger partial charge in [0, 0.05) is 16.8 Å². The van der Waals surface area contributed by atoms with Crippen molar-refractivity contribution in [1.29, 1.82) is 0 Å². The number of rotatable bonds is 0. The van der Waals surface area contributed by atoms with Crippen molar-refractivity contribution in [3.05, 3.63) is 46.9 Å². The normalized spacial score (nSPS) is 10.8. The van der Waals surface area contributed by atoms with Crippen molar-refractivity contribution >= 4 is 21.8 Å². The number of pyridine rings is 1. The van der Waals surface area contributed by atoms with Gasteiger partial charge >= 0.3 is 0 Å². The van der Waals surface area contributed by atoms with Gasteiger partial charge in [-0.05, 0) is 23.4 Å². The van der Waals surface area contributed by atoms with E-state index in [0.29, 0.717) is 11.0 Å². The van der Waals surface area contributed by atoms with Crippen LogP contribution in [0.1, 0.15) is 0 Å². The Kier molecular flexibility index (Phi) is 1.83. The zero-order valence-electron chi connectivity index (χ0n) is 8.16. The molecule has 5 heteroatoms. The molecule has 1 aromatic carbocycles. The number of aromatic nitrogens is 4. The zero-order chi connectivity index (χ0) is 11.0. The van der Waals surface area contributed by atoms with Crippen LogP contribution in [0.5, 0.6) is 0 Å². The van der Waals surface area contributed by atoms with Crippen LogP contribution in [-0.2, 0) is 0 Å². The molecule has 0 aliphatic heterocycles. The second-order valence-electron chi connectivity index (χ2n) is 3.34. The molecule has 0 spiro atoms. The van der Waals surface area contributed by atoms with Gasteiger partial charge in [-0.15, -0.1) is 10.2 Å². The first kappa shape index (κ1) is 8.84. The van der Waals surface area contributed by atoms with Gasteiger partial charge in [0.05, 0.1) is 17.2 Å². The Morgan fingerprint density at radius 1 is 1.00 bits per heavy atom. The van der Waals surface area contributed by atoms with Crippen molar-refractivity contribution in [2.45, 2.75) is 0 Å². The Labute approximate surface area is 89.8 Å². The van der Waals surface area contributed by atoms with Crippen molar-refractivity contribution in [2.75, 3.05) is 0 Å². The summed E-state index contributed by atoms with van der Waals surface area (Å²) in [6.45, 7) is 0. The molecule has 16 heavy (non-hydrogen) atoms. The van der Waals surface area contributed by atoms with Crippen LogP contribution in [0.3, 0.4) is 0 Å². The molecule has 3 rings (SSSR count). The van der Waals surface area contributed by atoms with Crippen molar-refractivity contribution < 1.29 is 0 Å². The minimum absolute atomic E-state index is 0.257. The summed E-state index contributed by atoms with van der Waals surface area (Å²) in [6.07, 6.45) is 1.54. The first-order chi connectivity index (χ1) is 7.84. The molecule has 5 nitrogen and oxygen atoms in total. The van der Waals surface area contributed by atoms with Crippen molar-refractivity contribution in [3.63, 3.8) is 0 Å². The van der Waals surface area contributed by atoms with Gasteiger partial charge < -0.3 is 0 Å². The maximum Gasteiger partial charge on any atom is 0.270 e. The number of hydrogen-bond donors (Lipinski definition) is 0. The third-order valence-corrected chi connectivity index (χ3v) is 2.36. The van der Waals surface area contributed by atoms with Crippen LogP contribution in [0.4, 0.5) is 0 Å². The highest BCUT2D eigenvalue weighted by atomic mass is 16.1. The van der Waals surface area contributed by atoms with Gasteiger partial charge in [0.1, 0.15) is 0 Å². The number of fused-ring (bicyclic) bond motifs is 3. The van der Waals surface area contributed by atoms with Gasteiger partial charge in [0.25, 0.3) is 5.56 Å². The van der Waals surface area contributed by atoms with E-state index in [9.17, 15) is 4.79 Å². The molecular formula is C11H6N4O. The summed E-state index contributed by atoms with van der Waals surface area (Å²) in [5.41, 5.74) is 1.05. The molecule has 3 aromatic rings. The molecule has 0 aliphatic rings. The molecule has 0 saturated heterocycles. The fourth-order valence-electron chi connectivity index (χ4n) is 1.65. The fraction of sp³-hybridized carbons (Fsp3) is 0. The summed E-state index contributed by atoms with van der Waals surface area (Å²) in [5, 5.41) is 12.9. The van der Waals surface area contributed by atoms with E-state index >= 15 is 0 Å².